The molecule has 5 rings (SSSR count). The number of aromatic nitrogens is 2. The average molecular weight is 527 g/mol. The van der Waals surface area contributed by atoms with Crippen LogP contribution in [0.5, 0.6) is 0 Å². The van der Waals surface area contributed by atoms with Crippen LogP contribution in [0.25, 0.3) is 11.3 Å². The minimum Gasteiger partial charge on any atom is -0.340 e. The Bertz CT molecular complexity index is 1360. The Morgan fingerprint density at radius 3 is 2.00 bits per heavy atom. The average Bonchev–Trinajstić information content (AvgIpc) is 2.96. The minimum atomic E-state index is -0.170. The van der Waals surface area contributed by atoms with E-state index in [1.165, 1.54) is 21.9 Å². The van der Waals surface area contributed by atoms with Crippen LogP contribution in [0.3, 0.4) is 0 Å². The molecule has 1 aliphatic rings. The lowest BCUT2D eigenvalue weighted by Crippen LogP contribution is -2.49. The van der Waals surface area contributed by atoms with E-state index in [-0.39, 0.29) is 17.5 Å². The molecule has 0 unspecified atom stereocenters. The SMILES string of the molecule is O=C(CCCn1nc(-c2ccc(Cl)cc2)ccc1=O)N1CCN(C(c2ccccc2)c2ccccc2)CC1. The lowest BCUT2D eigenvalue weighted by molar-refractivity contribution is -0.133. The van der Waals surface area contributed by atoms with Crippen LogP contribution in [0, 0.1) is 0 Å². The number of amides is 1. The highest BCUT2D eigenvalue weighted by molar-refractivity contribution is 6.30. The first kappa shape index (κ1) is 25.9. The molecule has 1 aliphatic heterocycles. The number of hydrogen-bond acceptors (Lipinski definition) is 4. The number of piperazine rings is 1. The van der Waals surface area contributed by atoms with Crippen LogP contribution in [-0.4, -0.2) is 51.7 Å². The molecule has 0 saturated carbocycles. The van der Waals surface area contributed by atoms with Gasteiger partial charge in [0.1, 0.15) is 0 Å². The Labute approximate surface area is 228 Å². The van der Waals surface area contributed by atoms with Crippen molar-refractivity contribution in [1.82, 2.24) is 19.6 Å². The second kappa shape index (κ2) is 12.2. The Morgan fingerprint density at radius 2 is 1.39 bits per heavy atom. The molecule has 3 aromatic carbocycles. The molecule has 38 heavy (non-hydrogen) atoms. The molecule has 1 saturated heterocycles. The molecule has 6 nitrogen and oxygen atoms in total. The van der Waals surface area contributed by atoms with E-state index >= 15 is 0 Å². The molecular formula is C31H31ClN4O2. The Morgan fingerprint density at radius 1 is 0.789 bits per heavy atom. The van der Waals surface area contributed by atoms with E-state index in [1.807, 2.05) is 29.2 Å². The predicted molar refractivity (Wildman–Crippen MR) is 151 cm³/mol. The first-order chi connectivity index (χ1) is 18.6. The molecule has 0 spiro atoms. The van der Waals surface area contributed by atoms with Crippen molar-refractivity contribution in [1.29, 1.82) is 0 Å². The first-order valence-corrected chi connectivity index (χ1v) is 13.4. The van der Waals surface area contributed by atoms with Crippen molar-refractivity contribution < 1.29 is 4.79 Å². The van der Waals surface area contributed by atoms with Crippen molar-refractivity contribution in [2.24, 2.45) is 0 Å². The summed E-state index contributed by atoms with van der Waals surface area (Å²) in [4.78, 5) is 29.8. The molecule has 0 radical (unpaired) electrons. The smallest absolute Gasteiger partial charge is 0.266 e. The Hall–Kier alpha value is -3.74. The number of nitrogens with zero attached hydrogens (tertiary/aromatic N) is 4. The van der Waals surface area contributed by atoms with Crippen LogP contribution in [-0.2, 0) is 11.3 Å². The van der Waals surface area contributed by atoms with Gasteiger partial charge in [-0.05, 0) is 35.7 Å². The lowest BCUT2D eigenvalue weighted by atomic mass is 9.96. The zero-order valence-electron chi connectivity index (χ0n) is 21.2. The van der Waals surface area contributed by atoms with Crippen molar-refractivity contribution in [2.45, 2.75) is 25.4 Å². The quantitative estimate of drug-likeness (QED) is 0.313. The van der Waals surface area contributed by atoms with Crippen LogP contribution in [0.15, 0.2) is 102 Å². The fraction of sp³-hybridized carbons (Fsp3) is 0.258. The molecule has 7 heteroatoms. The summed E-state index contributed by atoms with van der Waals surface area (Å²) in [5, 5.41) is 5.15. The topological polar surface area (TPSA) is 58.4 Å². The molecule has 0 aliphatic carbocycles. The van der Waals surface area contributed by atoms with Gasteiger partial charge in [-0.3, -0.25) is 14.5 Å². The van der Waals surface area contributed by atoms with E-state index in [0.29, 0.717) is 43.2 Å². The number of carbonyl (C=O) groups is 1. The third-order valence-corrected chi connectivity index (χ3v) is 7.28. The van der Waals surface area contributed by atoms with Gasteiger partial charge < -0.3 is 4.90 Å². The van der Waals surface area contributed by atoms with E-state index in [9.17, 15) is 9.59 Å². The predicted octanol–water partition coefficient (Wildman–Crippen LogP) is 5.28. The number of benzene rings is 3. The zero-order valence-corrected chi connectivity index (χ0v) is 22.0. The van der Waals surface area contributed by atoms with E-state index in [1.54, 1.807) is 18.2 Å². The van der Waals surface area contributed by atoms with Gasteiger partial charge in [0.25, 0.3) is 5.56 Å². The van der Waals surface area contributed by atoms with Gasteiger partial charge >= 0.3 is 0 Å². The molecule has 2 heterocycles. The van der Waals surface area contributed by atoms with Gasteiger partial charge in [-0.25, -0.2) is 4.68 Å². The Balaban J connectivity index is 1.17. The number of rotatable bonds is 8. The summed E-state index contributed by atoms with van der Waals surface area (Å²) in [6.07, 6.45) is 0.951. The molecule has 1 fully saturated rings. The standard InChI is InChI=1S/C31H31ClN4O2/c32-27-15-13-24(14-16-27)28-17-18-30(38)36(33-28)19-7-12-29(37)34-20-22-35(23-21-34)31(25-8-3-1-4-9-25)26-10-5-2-6-11-26/h1-6,8-11,13-18,31H,7,12,19-23H2. The fourth-order valence-corrected chi connectivity index (χ4v) is 5.16. The molecule has 0 atom stereocenters. The van der Waals surface area contributed by atoms with Crippen molar-refractivity contribution in [3.05, 3.63) is 124 Å². The molecule has 1 aromatic heterocycles. The van der Waals surface area contributed by atoms with Crippen molar-refractivity contribution in [3.8, 4) is 11.3 Å². The summed E-state index contributed by atoms with van der Waals surface area (Å²) >= 11 is 5.98. The third kappa shape index (κ3) is 6.21. The highest BCUT2D eigenvalue weighted by atomic mass is 35.5. The molecule has 0 N–H and O–H groups in total. The number of carbonyl (C=O) groups excluding carboxylic acids is 1. The second-order valence-corrected chi connectivity index (χ2v) is 9.97. The summed E-state index contributed by atoms with van der Waals surface area (Å²) in [6.45, 7) is 3.41. The third-order valence-electron chi connectivity index (χ3n) is 7.03. The highest BCUT2D eigenvalue weighted by Crippen LogP contribution is 2.29. The summed E-state index contributed by atoms with van der Waals surface area (Å²) in [5.41, 5.74) is 3.95. The van der Waals surface area contributed by atoms with Gasteiger partial charge in [0.15, 0.2) is 0 Å². The van der Waals surface area contributed by atoms with Gasteiger partial charge in [-0.1, -0.05) is 84.4 Å². The maximum absolute atomic E-state index is 13.0. The first-order valence-electron chi connectivity index (χ1n) is 13.0. The fourth-order valence-electron chi connectivity index (χ4n) is 5.04. The van der Waals surface area contributed by atoms with Gasteiger partial charge in [0, 0.05) is 55.8 Å². The second-order valence-electron chi connectivity index (χ2n) is 9.53. The molecule has 1 amide bonds. The zero-order chi connectivity index (χ0) is 26.3. The molecule has 0 bridgehead atoms. The van der Waals surface area contributed by atoms with Crippen LogP contribution >= 0.6 is 11.6 Å². The lowest BCUT2D eigenvalue weighted by Gasteiger charge is -2.40. The van der Waals surface area contributed by atoms with E-state index in [4.69, 9.17) is 11.6 Å². The Kier molecular flexibility index (Phi) is 8.31. The minimum absolute atomic E-state index is 0.127. The van der Waals surface area contributed by atoms with E-state index in [0.717, 1.165) is 18.7 Å². The van der Waals surface area contributed by atoms with E-state index in [2.05, 4.69) is 58.5 Å². The van der Waals surface area contributed by atoms with Crippen LogP contribution in [0.4, 0.5) is 0 Å². The van der Waals surface area contributed by atoms with Gasteiger partial charge in [0.2, 0.25) is 5.91 Å². The summed E-state index contributed by atoms with van der Waals surface area (Å²) in [6, 6.07) is 31.9. The summed E-state index contributed by atoms with van der Waals surface area (Å²) in [5.74, 6) is 0.127. The maximum atomic E-state index is 13.0. The van der Waals surface area contributed by atoms with Crippen molar-refractivity contribution in [3.63, 3.8) is 0 Å². The molecule has 194 valence electrons. The van der Waals surface area contributed by atoms with Gasteiger partial charge in [-0.15, -0.1) is 0 Å². The molecule has 4 aromatic rings. The van der Waals surface area contributed by atoms with Gasteiger partial charge in [-0.2, -0.15) is 5.10 Å². The maximum Gasteiger partial charge on any atom is 0.266 e. The largest absolute Gasteiger partial charge is 0.340 e. The van der Waals surface area contributed by atoms with Crippen LogP contribution < -0.4 is 5.56 Å². The number of hydrogen-bond donors (Lipinski definition) is 0. The summed E-state index contributed by atoms with van der Waals surface area (Å²) in [7, 11) is 0. The van der Waals surface area contributed by atoms with Crippen LogP contribution in [0.2, 0.25) is 5.02 Å². The van der Waals surface area contributed by atoms with Crippen molar-refractivity contribution >= 4 is 17.5 Å². The normalized spacial score (nSPS) is 14.1. The van der Waals surface area contributed by atoms with Crippen LogP contribution in [0.1, 0.15) is 30.0 Å². The highest BCUT2D eigenvalue weighted by Gasteiger charge is 2.27. The van der Waals surface area contributed by atoms with E-state index < -0.39 is 0 Å². The molecular weight excluding hydrogens is 496 g/mol. The number of aryl methyl sites for hydroxylation is 1. The monoisotopic (exact) mass is 526 g/mol. The van der Waals surface area contributed by atoms with Gasteiger partial charge in [0.05, 0.1) is 11.7 Å². The number of halogens is 1. The van der Waals surface area contributed by atoms with Crippen molar-refractivity contribution in [2.75, 3.05) is 26.2 Å². The summed E-state index contributed by atoms with van der Waals surface area (Å²) < 4.78 is 1.44.